The normalized spacial score (nSPS) is 19.6. The zero-order chi connectivity index (χ0) is 42.6. The third-order valence-electron chi connectivity index (χ3n) is 10.4. The predicted octanol–water partition coefficient (Wildman–Crippen LogP) is 12.8. The first-order chi connectivity index (χ1) is 27.8. The fraction of sp³-hybridized carbons (Fsp3) is 0.522. The second kappa shape index (κ2) is 19.1. The summed E-state index contributed by atoms with van der Waals surface area (Å²) in [6, 6.07) is 20.8. The van der Waals surface area contributed by atoms with E-state index >= 15 is 0 Å². The topological polar surface area (TPSA) is 114 Å². The molecule has 3 aromatic rings. The number of para-hydroxylation sites is 2. The molecular weight excluding hydrogens is 807 g/mol. The highest BCUT2D eigenvalue weighted by molar-refractivity contribution is 8.03. The van der Waals surface area contributed by atoms with Gasteiger partial charge in [-0.1, -0.05) is 130 Å². The minimum absolute atomic E-state index is 0.0595. The number of hydrogen-bond acceptors (Lipinski definition) is 11. The van der Waals surface area contributed by atoms with Crippen molar-refractivity contribution in [1.29, 1.82) is 0 Å². The predicted molar refractivity (Wildman–Crippen MR) is 235 cm³/mol. The second-order valence-corrected chi connectivity index (χ2v) is 21.9. The minimum Gasteiger partial charge on any atom is -0.417 e. The first-order valence-corrected chi connectivity index (χ1v) is 23.4. The lowest BCUT2D eigenvalue weighted by Gasteiger charge is -2.39. The van der Waals surface area contributed by atoms with E-state index < -0.39 is 29.8 Å². The summed E-state index contributed by atoms with van der Waals surface area (Å²) >= 11 is 1.48. The van der Waals surface area contributed by atoms with Gasteiger partial charge in [-0.15, -0.1) is 0 Å². The molecule has 2 saturated heterocycles. The van der Waals surface area contributed by atoms with Crippen LogP contribution in [0.4, 0.5) is 0 Å². The Morgan fingerprint density at radius 3 is 1.64 bits per heavy atom. The van der Waals surface area contributed by atoms with Crippen LogP contribution in [0.5, 0.6) is 17.2 Å². The van der Waals surface area contributed by atoms with Crippen LogP contribution in [0, 0.1) is 22.2 Å². The van der Waals surface area contributed by atoms with Crippen LogP contribution >= 0.6 is 29.0 Å². The molecule has 1 aliphatic carbocycles. The van der Waals surface area contributed by atoms with Crippen LogP contribution in [-0.2, 0) is 28.9 Å². The first-order valence-electron chi connectivity index (χ1n) is 20.4. The molecule has 0 saturated carbocycles. The Kier molecular flexibility index (Phi) is 14.9. The maximum Gasteiger partial charge on any atom is 0.460 e. The van der Waals surface area contributed by atoms with E-state index in [9.17, 15) is 9.79 Å². The van der Waals surface area contributed by atoms with Gasteiger partial charge >= 0.3 is 17.2 Å². The molecule has 3 aliphatic rings. The van der Waals surface area contributed by atoms with Gasteiger partial charge in [0.15, 0.2) is 12.6 Å². The Morgan fingerprint density at radius 1 is 0.627 bits per heavy atom. The Bertz CT molecular complexity index is 1940. The number of ether oxygens (including phenoxy) is 4. The zero-order valence-electron chi connectivity index (χ0n) is 36.2. The Morgan fingerprint density at radius 2 is 1.12 bits per heavy atom. The van der Waals surface area contributed by atoms with Gasteiger partial charge < -0.3 is 46.8 Å². The van der Waals surface area contributed by atoms with Gasteiger partial charge in [0.1, 0.15) is 23.0 Å². The molecule has 322 valence electrons. The van der Waals surface area contributed by atoms with Crippen molar-refractivity contribution in [2.24, 2.45) is 22.2 Å². The molecule has 0 bridgehead atoms. The molecule has 3 atom stereocenters. The molecular formula is C46H62O10P2S. The van der Waals surface area contributed by atoms with E-state index in [0.29, 0.717) is 60.6 Å². The summed E-state index contributed by atoms with van der Waals surface area (Å²) in [6.45, 7) is 24.6. The highest BCUT2D eigenvalue weighted by Crippen LogP contribution is 2.53. The van der Waals surface area contributed by atoms with Crippen molar-refractivity contribution >= 4 is 29.0 Å². The summed E-state index contributed by atoms with van der Waals surface area (Å²) < 4.78 is 47.8. The van der Waals surface area contributed by atoms with Crippen molar-refractivity contribution in [3.8, 4) is 17.2 Å². The molecule has 0 amide bonds. The van der Waals surface area contributed by atoms with Crippen molar-refractivity contribution in [2.45, 2.75) is 111 Å². The monoisotopic (exact) mass is 868 g/mol. The minimum atomic E-state index is -2.43. The Labute approximate surface area is 358 Å². The third kappa shape index (κ3) is 12.7. The molecule has 3 aromatic carbocycles. The highest BCUT2D eigenvalue weighted by atomic mass is 32.2. The summed E-state index contributed by atoms with van der Waals surface area (Å²) in [7, 11) is -4.85. The Balaban J connectivity index is 1.33. The molecule has 2 heterocycles. The third-order valence-corrected chi connectivity index (χ3v) is 12.9. The van der Waals surface area contributed by atoms with Gasteiger partial charge in [0, 0.05) is 0 Å². The molecule has 10 nitrogen and oxygen atoms in total. The summed E-state index contributed by atoms with van der Waals surface area (Å²) in [5, 5.41) is 0. The number of benzene rings is 3. The van der Waals surface area contributed by atoms with E-state index in [1.807, 2.05) is 42.5 Å². The van der Waals surface area contributed by atoms with Gasteiger partial charge in [-0.2, -0.15) is 0 Å². The van der Waals surface area contributed by atoms with Gasteiger partial charge in [-0.25, -0.2) is 0 Å². The van der Waals surface area contributed by atoms with Gasteiger partial charge in [0.25, 0.3) is 0 Å². The standard InChI is InChI=1S/C46H62O10P2S/c1-43(2,3)29-45(7,8)31-19-21-37(55-57(47)53-35-17-13-11-15-33(35)41-49-23-24-50-41)39(27-31)59-40-28-32(46(9,10)30-44(4,5)6)20-22-38(40)56-58(48)54-36-18-14-12-16-34(36)42-51-25-26-52-42/h11-19,21-22,27-28,32,41-42,47-48H,20,23-26,29-30H2,1-10H3. The molecule has 2 N–H and O–H groups in total. The quantitative estimate of drug-likeness (QED) is 0.134. The smallest absolute Gasteiger partial charge is 0.417 e. The van der Waals surface area contributed by atoms with Crippen molar-refractivity contribution in [1.82, 2.24) is 0 Å². The summed E-state index contributed by atoms with van der Waals surface area (Å²) in [6.07, 6.45) is 5.81. The SMILES string of the molecule is CC(C)(C)CC(C)(C)c1ccc(OP(O)Oc2ccccc2C2OCCO2)c(SC2=CC(C(C)(C)CC(C)(C)C)CC=C2OP(O)Oc2ccccc2C2OCCO2)c1. The van der Waals surface area contributed by atoms with E-state index in [2.05, 4.69) is 93.5 Å². The van der Waals surface area contributed by atoms with Crippen molar-refractivity contribution in [2.75, 3.05) is 26.4 Å². The molecule has 0 spiro atoms. The van der Waals surface area contributed by atoms with Gasteiger partial charge in [-0.05, 0) is 82.7 Å². The molecule has 3 unspecified atom stereocenters. The molecule has 59 heavy (non-hydrogen) atoms. The average molecular weight is 869 g/mol. The van der Waals surface area contributed by atoms with Crippen LogP contribution in [0.25, 0.3) is 0 Å². The molecule has 2 fully saturated rings. The number of rotatable bonds is 16. The Hall–Kier alpha value is -2.69. The maximum absolute atomic E-state index is 11.4. The number of hydrogen-bond donors (Lipinski definition) is 2. The van der Waals surface area contributed by atoms with Crippen molar-refractivity contribution < 1.29 is 46.8 Å². The van der Waals surface area contributed by atoms with Gasteiger partial charge in [0.2, 0.25) is 0 Å². The lowest BCUT2D eigenvalue weighted by Crippen LogP contribution is -2.29. The van der Waals surface area contributed by atoms with E-state index in [1.54, 1.807) is 12.1 Å². The number of allylic oxidation sites excluding steroid dienone is 2. The van der Waals surface area contributed by atoms with E-state index in [4.69, 9.17) is 37.0 Å². The van der Waals surface area contributed by atoms with Crippen LogP contribution in [-0.4, -0.2) is 36.2 Å². The zero-order valence-corrected chi connectivity index (χ0v) is 38.8. The van der Waals surface area contributed by atoms with Crippen LogP contribution < -0.4 is 13.6 Å². The second-order valence-electron chi connectivity index (χ2n) is 19.1. The van der Waals surface area contributed by atoms with Crippen LogP contribution in [0.3, 0.4) is 0 Å². The summed E-state index contributed by atoms with van der Waals surface area (Å²) in [5.74, 6) is 1.98. The lowest BCUT2D eigenvalue weighted by atomic mass is 9.67. The number of thioether (sulfide) groups is 1. The molecule has 2 aliphatic heterocycles. The van der Waals surface area contributed by atoms with Crippen LogP contribution in [0.2, 0.25) is 0 Å². The largest absolute Gasteiger partial charge is 0.460 e. The van der Waals surface area contributed by atoms with Crippen LogP contribution in [0.15, 0.2) is 94.4 Å². The lowest BCUT2D eigenvalue weighted by molar-refractivity contribution is -0.0452. The highest BCUT2D eigenvalue weighted by Gasteiger charge is 2.36. The van der Waals surface area contributed by atoms with Gasteiger partial charge in [-0.3, -0.25) is 0 Å². The average Bonchev–Trinajstić information content (AvgIpc) is 3.87. The van der Waals surface area contributed by atoms with Crippen LogP contribution in [0.1, 0.15) is 118 Å². The molecule has 0 radical (unpaired) electrons. The van der Waals surface area contributed by atoms with E-state index in [-0.39, 0.29) is 27.6 Å². The van der Waals surface area contributed by atoms with Crippen molar-refractivity contribution in [3.05, 3.63) is 106 Å². The maximum atomic E-state index is 11.4. The summed E-state index contributed by atoms with van der Waals surface area (Å²) in [4.78, 5) is 24.4. The fourth-order valence-electron chi connectivity index (χ4n) is 8.47. The van der Waals surface area contributed by atoms with Gasteiger partial charge in [0.05, 0.1) is 47.4 Å². The first kappa shape index (κ1) is 45.8. The van der Waals surface area contributed by atoms with Crippen molar-refractivity contribution in [3.63, 3.8) is 0 Å². The van der Waals surface area contributed by atoms with E-state index in [0.717, 1.165) is 34.6 Å². The molecule has 13 heteroatoms. The van der Waals surface area contributed by atoms with E-state index in [1.165, 1.54) is 11.8 Å². The fourth-order valence-corrected chi connectivity index (χ4v) is 11.1. The molecule has 0 aromatic heterocycles. The summed E-state index contributed by atoms with van der Waals surface area (Å²) in [5.41, 5.74) is 2.43. The molecule has 6 rings (SSSR count).